The summed E-state index contributed by atoms with van der Waals surface area (Å²) in [6.07, 6.45) is 0. The first-order chi connectivity index (χ1) is 12.4. The Morgan fingerprint density at radius 2 is 1.92 bits per heavy atom. The quantitative estimate of drug-likeness (QED) is 0.392. The number of anilines is 1. The van der Waals surface area contributed by atoms with E-state index in [1.165, 1.54) is 11.8 Å². The van der Waals surface area contributed by atoms with Crippen LogP contribution in [0.3, 0.4) is 0 Å². The summed E-state index contributed by atoms with van der Waals surface area (Å²) in [6, 6.07) is 11.4. The van der Waals surface area contributed by atoms with Gasteiger partial charge in [-0.05, 0) is 36.2 Å². The topological polar surface area (TPSA) is 102 Å². The molecule has 2 aromatic carbocycles. The lowest BCUT2D eigenvalue weighted by atomic mass is 10.0. The highest BCUT2D eigenvalue weighted by Gasteiger charge is 2.31. The molecule has 2 N–H and O–H groups in total. The van der Waals surface area contributed by atoms with Crippen molar-refractivity contribution in [2.45, 2.75) is 29.7 Å². The smallest absolute Gasteiger partial charge is 0.267 e. The Balaban J connectivity index is 2.00. The molecule has 0 aliphatic carbocycles. The second kappa shape index (κ2) is 7.67. The zero-order chi connectivity index (χ0) is 18.8. The largest absolute Gasteiger partial charge is 0.755 e. The first kappa shape index (κ1) is 18.7. The molecule has 0 fully saturated rings. The maximum Gasteiger partial charge on any atom is 0.267 e. The normalized spacial score (nSPS) is 14.7. The molecule has 0 spiro atoms. The number of ether oxygens (including phenoxy) is 1. The van der Waals surface area contributed by atoms with E-state index in [0.29, 0.717) is 11.4 Å². The summed E-state index contributed by atoms with van der Waals surface area (Å²) in [4.78, 5) is 13.7. The van der Waals surface area contributed by atoms with Crippen molar-refractivity contribution in [3.05, 3.63) is 42.5 Å². The van der Waals surface area contributed by atoms with E-state index in [4.69, 9.17) is 9.94 Å². The van der Waals surface area contributed by atoms with Crippen LogP contribution in [0.25, 0.3) is 0 Å². The second-order valence-electron chi connectivity index (χ2n) is 5.99. The summed E-state index contributed by atoms with van der Waals surface area (Å²) in [5, 5.41) is 8.98. The van der Waals surface area contributed by atoms with Crippen molar-refractivity contribution in [3.63, 3.8) is 0 Å². The third-order valence-electron chi connectivity index (χ3n) is 3.89. The Morgan fingerprint density at radius 1 is 1.23 bits per heavy atom. The first-order valence-electron chi connectivity index (χ1n) is 7.83. The SMILES string of the molecule is CC(C)C(C(=O)NO)N(c1ccc2c(c1)Sc1ccccc1O2)S(=O)[O-]. The average Bonchev–Trinajstić information content (AvgIpc) is 2.62. The van der Waals surface area contributed by atoms with E-state index in [1.807, 2.05) is 24.3 Å². The standard InChI is InChI=1S/C17H18N2O5S2/c1-10(2)16(17(20)18-21)19(26(22)23)11-7-8-13-15(9-11)25-14-6-4-3-5-12(14)24-13/h3-10,16,21H,1-2H3,(H,18,20)(H,22,23)/p-1. The molecule has 9 heteroatoms. The van der Waals surface area contributed by atoms with Crippen molar-refractivity contribution < 1.29 is 23.5 Å². The van der Waals surface area contributed by atoms with Crippen molar-refractivity contribution in [1.29, 1.82) is 0 Å². The first-order valence-corrected chi connectivity index (χ1v) is 9.68. The van der Waals surface area contributed by atoms with Crippen LogP contribution in [0.2, 0.25) is 0 Å². The molecule has 1 amide bonds. The lowest BCUT2D eigenvalue weighted by Crippen LogP contribution is -2.50. The molecule has 3 rings (SSSR count). The molecule has 1 aliphatic rings. The summed E-state index contributed by atoms with van der Waals surface area (Å²) in [6.45, 7) is 3.40. The third-order valence-corrected chi connectivity index (χ3v) is 5.75. The van der Waals surface area contributed by atoms with Gasteiger partial charge in [-0.3, -0.25) is 18.5 Å². The molecule has 0 saturated carbocycles. The fraction of sp³-hybridized carbons (Fsp3) is 0.235. The monoisotopic (exact) mass is 393 g/mol. The van der Waals surface area contributed by atoms with Crippen molar-refractivity contribution >= 4 is 34.6 Å². The molecule has 138 valence electrons. The maximum atomic E-state index is 12.0. The highest BCUT2D eigenvalue weighted by Crippen LogP contribution is 2.48. The Hall–Kier alpha value is -2.07. The maximum absolute atomic E-state index is 12.0. The molecule has 2 atom stereocenters. The fourth-order valence-corrected chi connectivity index (χ4v) is 4.53. The van der Waals surface area contributed by atoms with Gasteiger partial charge in [0.1, 0.15) is 17.5 Å². The summed E-state index contributed by atoms with van der Waals surface area (Å²) in [7, 11) is 0. The number of nitrogens with one attached hydrogen (secondary N) is 1. The molecule has 0 bridgehead atoms. The number of rotatable bonds is 5. The minimum atomic E-state index is -2.71. The van der Waals surface area contributed by atoms with Gasteiger partial charge in [0.15, 0.2) is 0 Å². The van der Waals surface area contributed by atoms with Gasteiger partial charge in [-0.15, -0.1) is 0 Å². The Kier molecular flexibility index (Phi) is 5.52. The van der Waals surface area contributed by atoms with E-state index in [0.717, 1.165) is 19.8 Å². The van der Waals surface area contributed by atoms with Crippen LogP contribution in [-0.4, -0.2) is 25.9 Å². The minimum Gasteiger partial charge on any atom is -0.755 e. The summed E-state index contributed by atoms with van der Waals surface area (Å²) < 4.78 is 30.5. The second-order valence-corrected chi connectivity index (χ2v) is 7.90. The number of fused-ring (bicyclic) bond motifs is 2. The van der Waals surface area contributed by atoms with Gasteiger partial charge < -0.3 is 9.29 Å². The van der Waals surface area contributed by atoms with Gasteiger partial charge in [-0.2, -0.15) is 0 Å². The molecule has 7 nitrogen and oxygen atoms in total. The van der Waals surface area contributed by atoms with Crippen LogP contribution in [0.15, 0.2) is 52.3 Å². The van der Waals surface area contributed by atoms with E-state index in [9.17, 15) is 13.6 Å². The number of hydrogen-bond donors (Lipinski definition) is 2. The number of nitrogens with zero attached hydrogens (tertiary/aromatic N) is 1. The lowest BCUT2D eigenvalue weighted by molar-refractivity contribution is -0.131. The summed E-state index contributed by atoms with van der Waals surface area (Å²) in [5.41, 5.74) is 1.86. The molecule has 2 aromatic rings. The van der Waals surface area contributed by atoms with Gasteiger partial charge in [-0.25, -0.2) is 5.48 Å². The number of carbonyl (C=O) groups excluding carboxylic acids is 1. The Morgan fingerprint density at radius 3 is 2.58 bits per heavy atom. The fourth-order valence-electron chi connectivity index (χ4n) is 2.74. The number of para-hydroxylation sites is 1. The van der Waals surface area contributed by atoms with Crippen molar-refractivity contribution in [2.75, 3.05) is 4.31 Å². The van der Waals surface area contributed by atoms with Crippen LogP contribution in [0, 0.1) is 5.92 Å². The molecular formula is C17H17N2O5S2-. The van der Waals surface area contributed by atoms with E-state index >= 15 is 0 Å². The van der Waals surface area contributed by atoms with E-state index in [1.54, 1.807) is 37.5 Å². The number of hydrogen-bond acceptors (Lipinski definition) is 6. The Labute approximate surface area is 157 Å². The number of amides is 1. The summed E-state index contributed by atoms with van der Waals surface area (Å²) in [5.74, 6) is 0.195. The van der Waals surface area contributed by atoms with Gasteiger partial charge in [0.05, 0.1) is 15.5 Å². The average molecular weight is 393 g/mol. The predicted octanol–water partition coefficient (Wildman–Crippen LogP) is 3.07. The van der Waals surface area contributed by atoms with Crippen molar-refractivity contribution in [1.82, 2.24) is 5.48 Å². The summed E-state index contributed by atoms with van der Waals surface area (Å²) >= 11 is -1.25. The van der Waals surface area contributed by atoms with Crippen LogP contribution in [0.4, 0.5) is 5.69 Å². The lowest BCUT2D eigenvalue weighted by Gasteiger charge is -2.35. The van der Waals surface area contributed by atoms with Gasteiger partial charge >= 0.3 is 0 Å². The van der Waals surface area contributed by atoms with Crippen LogP contribution in [0.5, 0.6) is 11.5 Å². The molecule has 0 aromatic heterocycles. The number of hydroxylamine groups is 1. The van der Waals surface area contributed by atoms with Gasteiger partial charge in [0.2, 0.25) is 0 Å². The highest BCUT2D eigenvalue weighted by molar-refractivity contribution is 7.99. The molecule has 1 aliphatic heterocycles. The molecule has 0 saturated heterocycles. The molecular weight excluding hydrogens is 376 g/mol. The van der Waals surface area contributed by atoms with E-state index in [2.05, 4.69) is 0 Å². The van der Waals surface area contributed by atoms with Gasteiger partial charge in [0, 0.05) is 11.3 Å². The number of carbonyl (C=O) groups is 1. The van der Waals surface area contributed by atoms with Crippen molar-refractivity contribution in [2.24, 2.45) is 5.92 Å². The van der Waals surface area contributed by atoms with Crippen molar-refractivity contribution in [3.8, 4) is 11.5 Å². The zero-order valence-electron chi connectivity index (χ0n) is 14.0. The van der Waals surface area contributed by atoms with Gasteiger partial charge in [0.25, 0.3) is 5.91 Å². The molecule has 2 unspecified atom stereocenters. The zero-order valence-corrected chi connectivity index (χ0v) is 15.7. The molecule has 26 heavy (non-hydrogen) atoms. The van der Waals surface area contributed by atoms with E-state index < -0.39 is 23.2 Å². The third kappa shape index (κ3) is 3.56. The van der Waals surface area contributed by atoms with Crippen LogP contribution in [0.1, 0.15) is 13.8 Å². The van der Waals surface area contributed by atoms with Crippen LogP contribution in [-0.2, 0) is 16.1 Å². The molecule has 1 heterocycles. The highest BCUT2D eigenvalue weighted by atomic mass is 32.2. The van der Waals surface area contributed by atoms with Crippen LogP contribution >= 0.6 is 11.8 Å². The number of benzene rings is 2. The minimum absolute atomic E-state index is 0.315. The predicted molar refractivity (Wildman–Crippen MR) is 97.0 cm³/mol. The van der Waals surface area contributed by atoms with Gasteiger partial charge in [-0.1, -0.05) is 37.7 Å². The van der Waals surface area contributed by atoms with Crippen LogP contribution < -0.4 is 14.5 Å². The van der Waals surface area contributed by atoms with E-state index in [-0.39, 0.29) is 5.92 Å². The molecule has 0 radical (unpaired) electrons. The Bertz CT molecular complexity index is 859.